The zero-order valence-corrected chi connectivity index (χ0v) is 11.4. The molecule has 0 saturated carbocycles. The van der Waals surface area contributed by atoms with Gasteiger partial charge in [-0.15, -0.1) is 0 Å². The van der Waals surface area contributed by atoms with Crippen molar-refractivity contribution in [2.75, 3.05) is 0 Å². The van der Waals surface area contributed by atoms with Gasteiger partial charge in [0.2, 0.25) is 0 Å². The predicted molar refractivity (Wildman–Crippen MR) is 80.3 cm³/mol. The van der Waals surface area contributed by atoms with Crippen LogP contribution in [0.2, 0.25) is 0 Å². The topological polar surface area (TPSA) is 28.7 Å². The zero-order chi connectivity index (χ0) is 13.2. The number of benzene rings is 2. The highest BCUT2D eigenvalue weighted by atomic mass is 14.9. The Morgan fingerprint density at radius 3 is 2.21 bits per heavy atom. The second kappa shape index (κ2) is 4.88. The smallest absolute Gasteiger partial charge is 0.139 e. The molecule has 1 heterocycles. The molecular weight excluding hydrogens is 232 g/mol. The first kappa shape index (κ1) is 12.0. The van der Waals surface area contributed by atoms with Crippen LogP contribution in [0.3, 0.4) is 0 Å². The fourth-order valence-corrected chi connectivity index (χ4v) is 2.62. The molecule has 0 aliphatic rings. The summed E-state index contributed by atoms with van der Waals surface area (Å²) >= 11 is 0. The maximum Gasteiger partial charge on any atom is 0.139 e. The van der Waals surface area contributed by atoms with E-state index in [1.54, 1.807) is 0 Å². The lowest BCUT2D eigenvalue weighted by molar-refractivity contribution is 1.08. The highest BCUT2D eigenvalue weighted by Gasteiger charge is 2.12. The van der Waals surface area contributed by atoms with Crippen LogP contribution >= 0.6 is 0 Å². The lowest BCUT2D eigenvalue weighted by Crippen LogP contribution is -1.95. The predicted octanol–water partition coefficient (Wildman–Crippen LogP) is 4.35. The molecule has 2 nitrogen and oxygen atoms in total. The minimum atomic E-state index is 0.996. The number of hydrogen-bond donors (Lipinski definition) is 1. The third-order valence-electron chi connectivity index (χ3n) is 3.63. The van der Waals surface area contributed by atoms with Crippen LogP contribution in [0.1, 0.15) is 25.0 Å². The number of para-hydroxylation sites is 2. The van der Waals surface area contributed by atoms with E-state index in [1.165, 1.54) is 16.7 Å². The molecule has 19 heavy (non-hydrogen) atoms. The Balaban J connectivity index is 2.25. The summed E-state index contributed by atoms with van der Waals surface area (Å²) in [5.74, 6) is 0.996. The normalized spacial score (nSPS) is 11.1. The van der Waals surface area contributed by atoms with Crippen molar-refractivity contribution >= 4 is 11.0 Å². The highest BCUT2D eigenvalue weighted by Crippen LogP contribution is 2.28. The molecule has 0 unspecified atom stereocenters. The first-order valence-corrected chi connectivity index (χ1v) is 6.89. The number of hydrogen-bond acceptors (Lipinski definition) is 1. The molecule has 0 radical (unpaired) electrons. The summed E-state index contributed by atoms with van der Waals surface area (Å²) in [6.07, 6.45) is 2.06. The van der Waals surface area contributed by atoms with E-state index in [9.17, 15) is 0 Å². The molecule has 1 N–H and O–H groups in total. The van der Waals surface area contributed by atoms with Gasteiger partial charge in [0, 0.05) is 5.56 Å². The Bertz CT molecular complexity index is 655. The quantitative estimate of drug-likeness (QED) is 0.735. The SMILES string of the molecule is CCc1cccc(CC)c1-c1nc2ccccc2[nH]1. The van der Waals surface area contributed by atoms with E-state index < -0.39 is 0 Å². The second-order valence-corrected chi connectivity index (χ2v) is 4.76. The van der Waals surface area contributed by atoms with Crippen molar-refractivity contribution in [1.82, 2.24) is 9.97 Å². The summed E-state index contributed by atoms with van der Waals surface area (Å²) in [5, 5.41) is 0. The molecule has 0 spiro atoms. The maximum atomic E-state index is 4.74. The van der Waals surface area contributed by atoms with E-state index >= 15 is 0 Å². The lowest BCUT2D eigenvalue weighted by Gasteiger charge is -2.10. The summed E-state index contributed by atoms with van der Waals surface area (Å²) in [6, 6.07) is 14.7. The van der Waals surface area contributed by atoms with Gasteiger partial charge in [0.1, 0.15) is 5.82 Å². The van der Waals surface area contributed by atoms with E-state index in [-0.39, 0.29) is 0 Å². The number of H-pyrrole nitrogens is 1. The summed E-state index contributed by atoms with van der Waals surface area (Å²) in [5.41, 5.74) is 6.14. The number of fused-ring (bicyclic) bond motifs is 1. The van der Waals surface area contributed by atoms with Crippen LogP contribution in [0.15, 0.2) is 42.5 Å². The van der Waals surface area contributed by atoms with Crippen LogP contribution < -0.4 is 0 Å². The van der Waals surface area contributed by atoms with Crippen LogP contribution in [0.25, 0.3) is 22.4 Å². The molecule has 96 valence electrons. The van der Waals surface area contributed by atoms with E-state index in [2.05, 4.69) is 49.2 Å². The van der Waals surface area contributed by atoms with E-state index in [0.717, 1.165) is 29.7 Å². The average molecular weight is 250 g/mol. The Labute approximate surface area is 113 Å². The average Bonchev–Trinajstić information content (AvgIpc) is 2.89. The summed E-state index contributed by atoms with van der Waals surface area (Å²) in [6.45, 7) is 4.39. The molecule has 2 heteroatoms. The van der Waals surface area contributed by atoms with Gasteiger partial charge in [-0.3, -0.25) is 0 Å². The van der Waals surface area contributed by atoms with Crippen LogP contribution in [0.4, 0.5) is 0 Å². The molecule has 0 saturated heterocycles. The Hall–Kier alpha value is -2.09. The van der Waals surface area contributed by atoms with Gasteiger partial charge < -0.3 is 4.98 Å². The summed E-state index contributed by atoms with van der Waals surface area (Å²) in [7, 11) is 0. The minimum Gasteiger partial charge on any atom is -0.338 e. The van der Waals surface area contributed by atoms with Crippen molar-refractivity contribution in [3.8, 4) is 11.4 Å². The number of imidazole rings is 1. The highest BCUT2D eigenvalue weighted by molar-refractivity contribution is 5.80. The Kier molecular flexibility index (Phi) is 3.08. The van der Waals surface area contributed by atoms with Crippen LogP contribution in [-0.2, 0) is 12.8 Å². The molecule has 0 aliphatic carbocycles. The van der Waals surface area contributed by atoms with Gasteiger partial charge >= 0.3 is 0 Å². The van der Waals surface area contributed by atoms with Crippen molar-refractivity contribution in [3.05, 3.63) is 53.6 Å². The van der Waals surface area contributed by atoms with Gasteiger partial charge in [-0.1, -0.05) is 44.2 Å². The summed E-state index contributed by atoms with van der Waals surface area (Å²) in [4.78, 5) is 8.19. The number of aryl methyl sites for hydroxylation is 2. The molecule has 1 aromatic heterocycles. The van der Waals surface area contributed by atoms with Gasteiger partial charge in [0.05, 0.1) is 11.0 Å². The standard InChI is InChI=1S/C17H18N2/c1-3-12-8-7-9-13(4-2)16(12)17-18-14-10-5-6-11-15(14)19-17/h5-11H,3-4H2,1-2H3,(H,18,19). The molecule has 0 bridgehead atoms. The van der Waals surface area contributed by atoms with Gasteiger partial charge in [-0.05, 0) is 36.1 Å². The first-order valence-electron chi connectivity index (χ1n) is 6.89. The molecule has 3 rings (SSSR count). The first-order chi connectivity index (χ1) is 9.33. The molecule has 0 amide bonds. The number of nitrogens with one attached hydrogen (secondary N) is 1. The van der Waals surface area contributed by atoms with Crippen LogP contribution in [0, 0.1) is 0 Å². The van der Waals surface area contributed by atoms with Gasteiger partial charge in [-0.2, -0.15) is 0 Å². The maximum absolute atomic E-state index is 4.74. The molecule has 2 aromatic carbocycles. The largest absolute Gasteiger partial charge is 0.338 e. The van der Waals surface area contributed by atoms with Crippen molar-refractivity contribution in [3.63, 3.8) is 0 Å². The minimum absolute atomic E-state index is 0.996. The van der Waals surface area contributed by atoms with Gasteiger partial charge in [0.15, 0.2) is 0 Å². The van der Waals surface area contributed by atoms with Gasteiger partial charge in [0.25, 0.3) is 0 Å². The monoisotopic (exact) mass is 250 g/mol. The Morgan fingerprint density at radius 1 is 0.895 bits per heavy atom. The van der Waals surface area contributed by atoms with E-state index in [4.69, 9.17) is 4.98 Å². The molecular formula is C17H18N2. The summed E-state index contributed by atoms with van der Waals surface area (Å²) < 4.78 is 0. The zero-order valence-electron chi connectivity index (χ0n) is 11.4. The number of nitrogens with zero attached hydrogens (tertiary/aromatic N) is 1. The number of aromatic nitrogens is 2. The molecule has 0 atom stereocenters. The lowest BCUT2D eigenvalue weighted by atomic mass is 9.97. The van der Waals surface area contributed by atoms with Gasteiger partial charge in [-0.25, -0.2) is 4.98 Å². The molecule has 0 aliphatic heterocycles. The molecule has 3 aromatic rings. The van der Waals surface area contributed by atoms with Crippen molar-refractivity contribution in [2.24, 2.45) is 0 Å². The fourth-order valence-electron chi connectivity index (χ4n) is 2.62. The van der Waals surface area contributed by atoms with Crippen molar-refractivity contribution in [2.45, 2.75) is 26.7 Å². The second-order valence-electron chi connectivity index (χ2n) is 4.76. The van der Waals surface area contributed by atoms with Crippen LogP contribution in [0.5, 0.6) is 0 Å². The number of aromatic amines is 1. The van der Waals surface area contributed by atoms with Crippen LogP contribution in [-0.4, -0.2) is 9.97 Å². The number of rotatable bonds is 3. The third kappa shape index (κ3) is 2.03. The van der Waals surface area contributed by atoms with E-state index in [0.29, 0.717) is 0 Å². The van der Waals surface area contributed by atoms with Crippen molar-refractivity contribution in [1.29, 1.82) is 0 Å². The third-order valence-corrected chi connectivity index (χ3v) is 3.63. The fraction of sp³-hybridized carbons (Fsp3) is 0.235. The molecule has 0 fully saturated rings. The van der Waals surface area contributed by atoms with Crippen molar-refractivity contribution < 1.29 is 0 Å². The van der Waals surface area contributed by atoms with E-state index in [1.807, 2.05) is 12.1 Å². The Morgan fingerprint density at radius 2 is 1.58 bits per heavy atom.